The number of terminal acetylenes is 1. The summed E-state index contributed by atoms with van der Waals surface area (Å²) in [5.41, 5.74) is 0.144. The summed E-state index contributed by atoms with van der Waals surface area (Å²) in [6, 6.07) is 0. The smallest absolute Gasteiger partial charge is 0.341 e. The molecule has 0 amide bonds. The van der Waals surface area contributed by atoms with Crippen molar-refractivity contribution >= 4 is 5.97 Å². The molecule has 0 aliphatic heterocycles. The highest BCUT2D eigenvalue weighted by atomic mass is 16.5. The Hall–Kier alpha value is -2.09. The fourth-order valence-electron chi connectivity index (χ4n) is 1.18. The first-order valence-electron chi connectivity index (χ1n) is 5.02. The number of carbonyl (C=O) groups is 1. The fourth-order valence-corrected chi connectivity index (χ4v) is 1.18. The third kappa shape index (κ3) is 2.72. The topological polar surface area (TPSA) is 72.3 Å². The molecule has 0 fully saturated rings. The van der Waals surface area contributed by atoms with Crippen molar-refractivity contribution in [2.24, 2.45) is 0 Å². The molecule has 5 heteroatoms. The van der Waals surface area contributed by atoms with Crippen LogP contribution >= 0.6 is 0 Å². The molecule has 90 valence electrons. The van der Waals surface area contributed by atoms with Crippen LogP contribution in [0.4, 0.5) is 0 Å². The monoisotopic (exact) mass is 234 g/mol. The molecule has 0 radical (unpaired) electrons. The van der Waals surface area contributed by atoms with Gasteiger partial charge < -0.3 is 9.84 Å². The van der Waals surface area contributed by atoms with Crippen LogP contribution in [0.25, 0.3) is 0 Å². The van der Waals surface area contributed by atoms with Crippen LogP contribution in [0.5, 0.6) is 5.88 Å². The van der Waals surface area contributed by atoms with E-state index in [0.717, 1.165) is 0 Å². The maximum atomic E-state index is 11.2. The first kappa shape index (κ1) is 13.0. The van der Waals surface area contributed by atoms with E-state index in [4.69, 9.17) is 16.3 Å². The predicted octanol–water partition coefficient (Wildman–Crippen LogP) is 1.58. The van der Waals surface area contributed by atoms with Crippen LogP contribution in [0.2, 0.25) is 0 Å². The lowest BCUT2D eigenvalue weighted by molar-refractivity contribution is 0.0682. The summed E-state index contributed by atoms with van der Waals surface area (Å²) in [6.45, 7) is 6.64. The Balaban J connectivity index is 3.31. The molecule has 5 nitrogen and oxygen atoms in total. The van der Waals surface area contributed by atoms with Crippen molar-refractivity contribution in [3.8, 4) is 18.2 Å². The number of hydrogen-bond acceptors (Lipinski definition) is 4. The summed E-state index contributed by atoms with van der Waals surface area (Å²) >= 11 is 0. The van der Waals surface area contributed by atoms with Crippen LogP contribution in [0.3, 0.4) is 0 Å². The van der Waals surface area contributed by atoms with Gasteiger partial charge in [-0.1, -0.05) is 5.92 Å². The van der Waals surface area contributed by atoms with Crippen molar-refractivity contribution in [1.82, 2.24) is 10.2 Å². The number of ether oxygens (including phenoxy) is 1. The number of carboxylic acids is 1. The molecule has 1 heterocycles. The first-order valence-corrected chi connectivity index (χ1v) is 5.02. The van der Waals surface area contributed by atoms with E-state index in [2.05, 4.69) is 16.1 Å². The number of aromatic carboxylic acids is 1. The summed E-state index contributed by atoms with van der Waals surface area (Å²) in [7, 11) is 0. The maximum Gasteiger partial charge on any atom is 0.341 e. The summed E-state index contributed by atoms with van der Waals surface area (Å²) < 4.78 is 5.39. The number of hydrogen-bond donors (Lipinski definition) is 1. The molecule has 0 saturated heterocycles. The molecule has 1 rings (SSSR count). The van der Waals surface area contributed by atoms with Crippen molar-refractivity contribution in [2.75, 3.05) is 0 Å². The predicted molar refractivity (Wildman–Crippen MR) is 62.0 cm³/mol. The van der Waals surface area contributed by atoms with Crippen molar-refractivity contribution in [1.29, 1.82) is 0 Å². The molecule has 0 aliphatic carbocycles. The van der Waals surface area contributed by atoms with E-state index in [0.29, 0.717) is 11.3 Å². The van der Waals surface area contributed by atoms with Crippen LogP contribution < -0.4 is 4.74 Å². The minimum atomic E-state index is -1.11. The average molecular weight is 234 g/mol. The lowest BCUT2D eigenvalue weighted by Gasteiger charge is -2.20. The second kappa shape index (κ2) is 4.42. The molecule has 0 spiro atoms. The zero-order chi connectivity index (χ0) is 13.2. The lowest BCUT2D eigenvalue weighted by Crippen LogP contribution is -2.27. The van der Waals surface area contributed by atoms with Gasteiger partial charge in [0.2, 0.25) is 5.88 Å². The molecule has 0 unspecified atom stereocenters. The Kier molecular flexibility index (Phi) is 3.37. The van der Waals surface area contributed by atoms with Crippen LogP contribution in [-0.4, -0.2) is 26.9 Å². The highest BCUT2D eigenvalue weighted by Gasteiger charge is 2.24. The van der Waals surface area contributed by atoms with Crippen LogP contribution in [-0.2, 0) is 0 Å². The highest BCUT2D eigenvalue weighted by molar-refractivity contribution is 5.92. The second-order valence-electron chi connectivity index (χ2n) is 4.15. The highest BCUT2D eigenvalue weighted by Crippen LogP contribution is 2.23. The van der Waals surface area contributed by atoms with Gasteiger partial charge in [0.15, 0.2) is 5.60 Å². The average Bonchev–Trinajstić information content (AvgIpc) is 2.23. The van der Waals surface area contributed by atoms with Crippen molar-refractivity contribution in [3.63, 3.8) is 0 Å². The van der Waals surface area contributed by atoms with Crippen LogP contribution in [0.15, 0.2) is 0 Å². The largest absolute Gasteiger partial charge is 0.477 e. The molecular weight excluding hydrogens is 220 g/mol. The first-order chi connectivity index (χ1) is 7.78. The second-order valence-corrected chi connectivity index (χ2v) is 4.15. The molecule has 0 bridgehead atoms. The van der Waals surface area contributed by atoms with E-state index in [1.807, 2.05) is 0 Å². The van der Waals surface area contributed by atoms with Gasteiger partial charge >= 0.3 is 5.97 Å². The molecule has 1 aromatic rings. The van der Waals surface area contributed by atoms with E-state index >= 15 is 0 Å². The van der Waals surface area contributed by atoms with Crippen molar-refractivity contribution in [2.45, 2.75) is 33.3 Å². The zero-order valence-electron chi connectivity index (χ0n) is 10.2. The summed E-state index contributed by atoms with van der Waals surface area (Å²) in [5.74, 6) is 1.25. The Bertz CT molecular complexity index is 501. The van der Waals surface area contributed by atoms with Gasteiger partial charge in [0.25, 0.3) is 0 Å². The number of nitrogens with zero attached hydrogens (tertiary/aromatic N) is 2. The van der Waals surface area contributed by atoms with Gasteiger partial charge in [0, 0.05) is 0 Å². The van der Waals surface area contributed by atoms with E-state index in [1.54, 1.807) is 27.7 Å². The van der Waals surface area contributed by atoms with Gasteiger partial charge in [-0.2, -0.15) is 5.10 Å². The molecule has 0 aliphatic rings. The summed E-state index contributed by atoms with van der Waals surface area (Å²) in [4.78, 5) is 11.2. The number of carboxylic acid groups (broad SMARTS) is 1. The fraction of sp³-hybridized carbons (Fsp3) is 0.417. The van der Waals surface area contributed by atoms with Gasteiger partial charge in [-0.15, -0.1) is 11.5 Å². The van der Waals surface area contributed by atoms with Crippen molar-refractivity contribution < 1.29 is 14.6 Å². The van der Waals surface area contributed by atoms with Gasteiger partial charge in [-0.3, -0.25) is 0 Å². The molecule has 1 aromatic heterocycles. The normalized spacial score (nSPS) is 10.8. The quantitative estimate of drug-likeness (QED) is 0.804. The molecule has 1 N–H and O–H groups in total. The van der Waals surface area contributed by atoms with Crippen LogP contribution in [0, 0.1) is 26.2 Å². The molecular formula is C12H14N2O3. The van der Waals surface area contributed by atoms with E-state index in [-0.39, 0.29) is 11.4 Å². The lowest BCUT2D eigenvalue weighted by atomic mass is 10.1. The number of aromatic nitrogens is 2. The van der Waals surface area contributed by atoms with Gasteiger partial charge in [0.1, 0.15) is 5.56 Å². The third-order valence-corrected chi connectivity index (χ3v) is 2.34. The molecule has 0 saturated carbocycles. The Morgan fingerprint density at radius 2 is 2.00 bits per heavy atom. The van der Waals surface area contributed by atoms with E-state index < -0.39 is 11.6 Å². The molecule has 17 heavy (non-hydrogen) atoms. The summed E-state index contributed by atoms with van der Waals surface area (Å²) in [5, 5.41) is 16.7. The zero-order valence-corrected chi connectivity index (χ0v) is 10.2. The van der Waals surface area contributed by atoms with Crippen LogP contribution in [0.1, 0.15) is 35.5 Å². The van der Waals surface area contributed by atoms with E-state index in [1.165, 1.54) is 0 Å². The Morgan fingerprint density at radius 1 is 1.41 bits per heavy atom. The summed E-state index contributed by atoms with van der Waals surface area (Å²) in [6.07, 6.45) is 5.28. The van der Waals surface area contributed by atoms with Gasteiger partial charge in [-0.25, -0.2) is 4.79 Å². The minimum absolute atomic E-state index is 0.000764. The Morgan fingerprint density at radius 3 is 2.47 bits per heavy atom. The molecule has 0 aromatic carbocycles. The standard InChI is InChI=1S/C12H14N2O3/c1-6-12(4,5)17-10-9(11(15)16)7(2)8(3)13-14-10/h1H,2-5H3,(H,15,16). The Labute approximate surface area is 99.8 Å². The third-order valence-electron chi connectivity index (χ3n) is 2.34. The minimum Gasteiger partial charge on any atom is -0.477 e. The van der Waals surface area contributed by atoms with E-state index in [9.17, 15) is 4.79 Å². The maximum absolute atomic E-state index is 11.2. The number of aryl methyl sites for hydroxylation is 1. The molecule has 0 atom stereocenters. The van der Waals surface area contributed by atoms with Gasteiger partial charge in [0.05, 0.1) is 5.69 Å². The number of rotatable bonds is 3. The van der Waals surface area contributed by atoms with Crippen molar-refractivity contribution in [3.05, 3.63) is 16.8 Å². The van der Waals surface area contributed by atoms with Gasteiger partial charge in [-0.05, 0) is 33.3 Å². The SMILES string of the molecule is C#CC(C)(C)Oc1nnc(C)c(C)c1C(=O)O.